The Hall–Kier alpha value is -2.26. The average Bonchev–Trinajstić information content (AvgIpc) is 3.64. The van der Waals surface area contributed by atoms with Gasteiger partial charge in [0, 0.05) is 0 Å². The van der Waals surface area contributed by atoms with Gasteiger partial charge in [-0.05, 0) is 85.5 Å². The summed E-state index contributed by atoms with van der Waals surface area (Å²) in [5.74, 6) is 6.53. The number of benzene rings is 2. The van der Waals surface area contributed by atoms with Crippen LogP contribution in [0.5, 0.6) is 11.5 Å². The van der Waals surface area contributed by atoms with Gasteiger partial charge in [0.15, 0.2) is 0 Å². The first-order valence-electron chi connectivity index (χ1n) is 12.9. The van der Waals surface area contributed by atoms with Crippen molar-refractivity contribution in [3.05, 3.63) is 72.8 Å². The summed E-state index contributed by atoms with van der Waals surface area (Å²) < 4.78 is 12.4. The van der Waals surface area contributed by atoms with Gasteiger partial charge in [-0.25, -0.2) is 0 Å². The predicted octanol–water partition coefficient (Wildman–Crippen LogP) is 5.69. The zero-order chi connectivity index (χ0) is 22.4. The Balaban J connectivity index is 1.05. The first-order chi connectivity index (χ1) is 16.0. The van der Waals surface area contributed by atoms with Crippen LogP contribution >= 0.6 is 0 Å². The third kappa shape index (κ3) is 4.21. The van der Waals surface area contributed by atoms with Gasteiger partial charge in [-0.2, -0.15) is 0 Å². The smallest absolute Gasteiger partial charge is 0.119 e. The molecule has 0 radical (unpaired) electrons. The molecule has 6 atom stereocenters. The Morgan fingerprint density at radius 1 is 0.606 bits per heavy atom. The Kier molecular flexibility index (Phi) is 5.48. The van der Waals surface area contributed by atoms with E-state index in [-0.39, 0.29) is 0 Å². The lowest BCUT2D eigenvalue weighted by molar-refractivity contribution is 0.227. The van der Waals surface area contributed by atoms with Crippen LogP contribution in [0.15, 0.2) is 72.8 Å². The minimum Gasteiger partial charge on any atom is -0.493 e. The highest BCUT2D eigenvalue weighted by Gasteiger charge is 2.37. The summed E-state index contributed by atoms with van der Waals surface area (Å²) in [7, 11) is -1.75. The maximum Gasteiger partial charge on any atom is 0.119 e. The van der Waals surface area contributed by atoms with Gasteiger partial charge in [0.1, 0.15) is 19.6 Å². The second-order valence-corrected chi connectivity index (χ2v) is 15.8. The van der Waals surface area contributed by atoms with Crippen LogP contribution in [0.4, 0.5) is 0 Å². The maximum absolute atomic E-state index is 6.18. The van der Waals surface area contributed by atoms with Crippen molar-refractivity contribution < 1.29 is 9.47 Å². The number of hydrogen-bond donors (Lipinski definition) is 0. The van der Waals surface area contributed by atoms with Crippen LogP contribution in [0.1, 0.15) is 25.7 Å². The summed E-state index contributed by atoms with van der Waals surface area (Å²) in [4.78, 5) is 0. The molecule has 4 aliphatic rings. The van der Waals surface area contributed by atoms with E-state index in [9.17, 15) is 0 Å². The molecule has 0 saturated heterocycles. The van der Waals surface area contributed by atoms with Crippen LogP contribution in [-0.4, -0.2) is 21.3 Å². The van der Waals surface area contributed by atoms with Crippen LogP contribution < -0.4 is 19.8 Å². The number of rotatable bonds is 8. The zero-order valence-electron chi connectivity index (χ0n) is 20.0. The fourth-order valence-corrected chi connectivity index (χ4v) is 9.01. The van der Waals surface area contributed by atoms with Gasteiger partial charge >= 0.3 is 0 Å². The van der Waals surface area contributed by atoms with Gasteiger partial charge in [0.2, 0.25) is 0 Å². The molecule has 0 spiro atoms. The molecule has 0 N–H and O–H groups in total. The van der Waals surface area contributed by atoms with Gasteiger partial charge < -0.3 is 9.47 Å². The van der Waals surface area contributed by atoms with Gasteiger partial charge in [-0.1, -0.05) is 72.0 Å². The van der Waals surface area contributed by atoms with Crippen molar-refractivity contribution in [1.82, 2.24) is 0 Å². The quantitative estimate of drug-likeness (QED) is 0.375. The molecule has 2 aromatic rings. The van der Waals surface area contributed by atoms with Crippen LogP contribution in [0.3, 0.4) is 0 Å². The van der Waals surface area contributed by atoms with Crippen LogP contribution in [0, 0.1) is 35.5 Å². The molecule has 0 aromatic heterocycles. The third-order valence-electron chi connectivity index (χ3n) is 8.91. The lowest BCUT2D eigenvalue weighted by atomic mass is 9.95. The molecule has 4 bridgehead atoms. The molecule has 0 aliphatic heterocycles. The molecule has 4 aliphatic carbocycles. The van der Waals surface area contributed by atoms with Crippen molar-refractivity contribution in [3.8, 4) is 11.5 Å². The van der Waals surface area contributed by atoms with E-state index >= 15 is 0 Å². The normalized spacial score (nSPS) is 31.5. The van der Waals surface area contributed by atoms with E-state index in [0.29, 0.717) is 11.8 Å². The Morgan fingerprint density at radius 3 is 1.36 bits per heavy atom. The SMILES string of the molecule is C[Si](C)(c1ccc(OCC2CC3C=CC2C3)cc1)c1ccc(OCC2CC3C=CC2C3)cc1. The summed E-state index contributed by atoms with van der Waals surface area (Å²) in [6, 6.07) is 17.8. The van der Waals surface area contributed by atoms with E-state index in [1.807, 2.05) is 0 Å². The van der Waals surface area contributed by atoms with Crippen molar-refractivity contribution in [2.24, 2.45) is 35.5 Å². The Morgan fingerprint density at radius 2 is 1.03 bits per heavy atom. The molecular formula is C30H36O2Si. The molecule has 3 heteroatoms. The lowest BCUT2D eigenvalue weighted by Crippen LogP contribution is -2.52. The average molecular weight is 457 g/mol. The predicted molar refractivity (Wildman–Crippen MR) is 138 cm³/mol. The summed E-state index contributed by atoms with van der Waals surface area (Å²) in [6.07, 6.45) is 14.9. The molecule has 6 rings (SSSR count). The molecule has 2 nitrogen and oxygen atoms in total. The summed E-state index contributed by atoms with van der Waals surface area (Å²) in [5, 5.41) is 2.89. The Labute approximate surface area is 199 Å². The fourth-order valence-electron chi connectivity index (χ4n) is 6.68. The molecule has 6 unspecified atom stereocenters. The molecule has 2 saturated carbocycles. The summed E-state index contributed by atoms with van der Waals surface area (Å²) in [5.41, 5.74) is 0. The van der Waals surface area contributed by atoms with Crippen LogP contribution in [0.2, 0.25) is 13.1 Å². The van der Waals surface area contributed by atoms with E-state index in [1.54, 1.807) is 0 Å². The van der Waals surface area contributed by atoms with E-state index in [4.69, 9.17) is 9.47 Å². The molecule has 0 amide bonds. The summed E-state index contributed by atoms with van der Waals surface area (Å²) >= 11 is 0. The largest absolute Gasteiger partial charge is 0.493 e. The van der Waals surface area contributed by atoms with Crippen molar-refractivity contribution in [1.29, 1.82) is 0 Å². The van der Waals surface area contributed by atoms with Crippen molar-refractivity contribution >= 4 is 18.4 Å². The fraction of sp³-hybridized carbons (Fsp3) is 0.467. The zero-order valence-corrected chi connectivity index (χ0v) is 21.0. The second kappa shape index (κ2) is 8.50. The first-order valence-corrected chi connectivity index (χ1v) is 15.9. The van der Waals surface area contributed by atoms with E-state index in [2.05, 4.69) is 85.9 Å². The highest BCUT2D eigenvalue weighted by atomic mass is 28.3. The second-order valence-electron chi connectivity index (χ2n) is 11.4. The Bertz CT molecular complexity index is 952. The maximum atomic E-state index is 6.18. The highest BCUT2D eigenvalue weighted by molar-refractivity contribution is 7.00. The van der Waals surface area contributed by atoms with E-state index < -0.39 is 8.07 Å². The lowest BCUT2D eigenvalue weighted by Gasteiger charge is -2.25. The highest BCUT2D eigenvalue weighted by Crippen LogP contribution is 2.44. The van der Waals surface area contributed by atoms with Gasteiger partial charge in [0.05, 0.1) is 13.2 Å². The molecule has 2 fully saturated rings. The first kappa shape index (κ1) is 21.3. The van der Waals surface area contributed by atoms with E-state index in [1.165, 1.54) is 36.1 Å². The minimum absolute atomic E-state index is 0.700. The number of fused-ring (bicyclic) bond motifs is 4. The molecule has 172 valence electrons. The van der Waals surface area contributed by atoms with Crippen molar-refractivity contribution in [2.45, 2.75) is 38.8 Å². The third-order valence-corrected chi connectivity index (χ3v) is 12.5. The molecule has 0 heterocycles. The topological polar surface area (TPSA) is 18.5 Å². The van der Waals surface area contributed by atoms with Crippen molar-refractivity contribution in [3.63, 3.8) is 0 Å². The van der Waals surface area contributed by atoms with Crippen molar-refractivity contribution in [2.75, 3.05) is 13.2 Å². The molecular weight excluding hydrogens is 420 g/mol. The minimum atomic E-state index is -1.75. The molecule has 33 heavy (non-hydrogen) atoms. The van der Waals surface area contributed by atoms with E-state index in [0.717, 1.165) is 48.4 Å². The monoisotopic (exact) mass is 456 g/mol. The van der Waals surface area contributed by atoms with Gasteiger partial charge in [-0.15, -0.1) is 0 Å². The number of hydrogen-bond acceptors (Lipinski definition) is 2. The number of ether oxygens (including phenoxy) is 2. The summed E-state index contributed by atoms with van der Waals surface area (Å²) in [6.45, 7) is 6.57. The standard InChI is InChI=1S/C30H36O2Si/c1-33(2,29-11-7-27(8-12-29)31-19-25-17-21-3-5-23(25)15-21)30-13-9-28(10-14-30)32-20-26-18-22-4-6-24(26)16-22/h3-14,21-26H,15-20H2,1-2H3. The van der Waals surface area contributed by atoms with Crippen LogP contribution in [-0.2, 0) is 0 Å². The molecule has 2 aromatic carbocycles. The number of allylic oxidation sites excluding steroid dienone is 4. The van der Waals surface area contributed by atoms with Gasteiger partial charge in [0.25, 0.3) is 0 Å². The van der Waals surface area contributed by atoms with Gasteiger partial charge in [-0.3, -0.25) is 0 Å². The van der Waals surface area contributed by atoms with Crippen LogP contribution in [0.25, 0.3) is 0 Å².